The van der Waals surface area contributed by atoms with Crippen LogP contribution in [0.25, 0.3) is 11.6 Å². The first-order valence-electron chi connectivity index (χ1n) is 10.3. The Balaban J connectivity index is 1.67. The Morgan fingerprint density at radius 2 is 1.50 bits per heavy atom. The number of carbonyl (C=O) groups is 3. The molecule has 6 heteroatoms. The van der Waals surface area contributed by atoms with Gasteiger partial charge in [0.25, 0.3) is 11.8 Å². The van der Waals surface area contributed by atoms with E-state index in [-0.39, 0.29) is 0 Å². The molecule has 2 aromatic carbocycles. The van der Waals surface area contributed by atoms with Gasteiger partial charge < -0.3 is 10.0 Å². The number of hydrogen-bond donors (Lipinski definition) is 1. The normalized spacial score (nSPS) is 18.3. The zero-order chi connectivity index (χ0) is 21.1. The molecule has 2 aromatic rings. The average molecular weight is 404 g/mol. The van der Waals surface area contributed by atoms with Gasteiger partial charge in [0.2, 0.25) is 0 Å². The minimum Gasteiger partial charge on any atom is -0.480 e. The SMILES string of the molecule is O=C(O)CN1C(=O)/C(=C\c2ccc(N3CCCCCC3)cc2)c2ccccc2C1=O. The maximum absolute atomic E-state index is 13.0. The summed E-state index contributed by atoms with van der Waals surface area (Å²) in [7, 11) is 0. The van der Waals surface area contributed by atoms with Gasteiger partial charge in [-0.15, -0.1) is 0 Å². The van der Waals surface area contributed by atoms with Gasteiger partial charge >= 0.3 is 5.97 Å². The Hall–Kier alpha value is -3.41. The Bertz CT molecular complexity index is 1000. The van der Waals surface area contributed by atoms with Crippen molar-refractivity contribution < 1.29 is 19.5 Å². The van der Waals surface area contributed by atoms with Crippen molar-refractivity contribution in [2.45, 2.75) is 25.7 Å². The highest BCUT2D eigenvalue weighted by atomic mass is 16.4. The van der Waals surface area contributed by atoms with Crippen molar-refractivity contribution in [3.05, 3.63) is 65.2 Å². The van der Waals surface area contributed by atoms with Crippen molar-refractivity contribution in [1.82, 2.24) is 4.90 Å². The number of amides is 2. The number of aliphatic carboxylic acids is 1. The van der Waals surface area contributed by atoms with Gasteiger partial charge in [-0.1, -0.05) is 43.2 Å². The molecule has 0 atom stereocenters. The molecule has 1 N–H and O–H groups in total. The summed E-state index contributed by atoms with van der Waals surface area (Å²) in [6, 6.07) is 14.8. The maximum Gasteiger partial charge on any atom is 0.323 e. The molecule has 30 heavy (non-hydrogen) atoms. The molecule has 0 saturated carbocycles. The molecule has 0 aliphatic carbocycles. The second kappa shape index (κ2) is 8.53. The van der Waals surface area contributed by atoms with Gasteiger partial charge in [-0.2, -0.15) is 0 Å². The third kappa shape index (κ3) is 3.99. The van der Waals surface area contributed by atoms with Crippen LogP contribution in [0.5, 0.6) is 0 Å². The summed E-state index contributed by atoms with van der Waals surface area (Å²) in [5.41, 5.74) is 3.19. The highest BCUT2D eigenvalue weighted by molar-refractivity contribution is 6.34. The minimum absolute atomic E-state index is 0.328. The molecule has 0 unspecified atom stereocenters. The van der Waals surface area contributed by atoms with Crippen molar-refractivity contribution in [2.24, 2.45) is 0 Å². The highest BCUT2D eigenvalue weighted by Crippen LogP contribution is 2.31. The van der Waals surface area contributed by atoms with E-state index in [4.69, 9.17) is 5.11 Å². The number of carbonyl (C=O) groups excluding carboxylic acids is 2. The van der Waals surface area contributed by atoms with E-state index in [0.29, 0.717) is 16.7 Å². The summed E-state index contributed by atoms with van der Waals surface area (Å²) >= 11 is 0. The lowest BCUT2D eigenvalue weighted by atomic mass is 9.92. The summed E-state index contributed by atoms with van der Waals surface area (Å²) in [5, 5.41) is 9.13. The number of carboxylic acid groups (broad SMARTS) is 1. The summed E-state index contributed by atoms with van der Waals surface area (Å²) in [6.45, 7) is 1.45. The molecule has 0 spiro atoms. The molecule has 2 amide bonds. The van der Waals surface area contributed by atoms with Crippen molar-refractivity contribution in [2.75, 3.05) is 24.5 Å². The van der Waals surface area contributed by atoms with Crippen molar-refractivity contribution >= 4 is 35.1 Å². The molecule has 2 aliphatic rings. The third-order valence-electron chi connectivity index (χ3n) is 5.64. The molecule has 1 fully saturated rings. The average Bonchev–Trinajstić information content (AvgIpc) is 3.04. The van der Waals surface area contributed by atoms with E-state index < -0.39 is 24.3 Å². The van der Waals surface area contributed by atoms with E-state index >= 15 is 0 Å². The predicted molar refractivity (Wildman–Crippen MR) is 115 cm³/mol. The van der Waals surface area contributed by atoms with Crippen LogP contribution < -0.4 is 4.90 Å². The molecular weight excluding hydrogens is 380 g/mol. The molecular formula is C24H24N2O4. The predicted octanol–water partition coefficient (Wildman–Crippen LogP) is 3.67. The lowest BCUT2D eigenvalue weighted by Crippen LogP contribution is -2.44. The van der Waals surface area contributed by atoms with Crippen LogP contribution in [-0.4, -0.2) is 47.4 Å². The van der Waals surface area contributed by atoms with E-state index in [1.54, 1.807) is 30.3 Å². The topological polar surface area (TPSA) is 77.9 Å². The van der Waals surface area contributed by atoms with Crippen LogP contribution in [-0.2, 0) is 9.59 Å². The molecule has 154 valence electrons. The highest BCUT2D eigenvalue weighted by Gasteiger charge is 2.35. The number of rotatable bonds is 4. The number of imide groups is 1. The van der Waals surface area contributed by atoms with E-state index in [2.05, 4.69) is 17.0 Å². The quantitative estimate of drug-likeness (QED) is 0.621. The lowest BCUT2D eigenvalue weighted by Gasteiger charge is -2.27. The molecule has 4 rings (SSSR count). The fourth-order valence-electron chi connectivity index (χ4n) is 4.10. The Labute approximate surface area is 175 Å². The first-order valence-corrected chi connectivity index (χ1v) is 10.3. The van der Waals surface area contributed by atoms with Gasteiger partial charge in [-0.05, 0) is 48.2 Å². The van der Waals surface area contributed by atoms with E-state index in [1.165, 1.54) is 25.7 Å². The second-order valence-electron chi connectivity index (χ2n) is 7.69. The molecule has 6 nitrogen and oxygen atoms in total. The molecule has 2 aliphatic heterocycles. The molecule has 0 bridgehead atoms. The zero-order valence-electron chi connectivity index (χ0n) is 16.7. The van der Waals surface area contributed by atoms with E-state index in [9.17, 15) is 14.4 Å². The smallest absolute Gasteiger partial charge is 0.323 e. The van der Waals surface area contributed by atoms with Crippen LogP contribution in [0.1, 0.15) is 47.2 Å². The number of carboxylic acids is 1. The minimum atomic E-state index is -1.22. The van der Waals surface area contributed by atoms with Crippen LogP contribution in [0.15, 0.2) is 48.5 Å². The van der Waals surface area contributed by atoms with Crippen LogP contribution in [0.4, 0.5) is 5.69 Å². The number of nitrogens with zero attached hydrogens (tertiary/aromatic N) is 2. The number of hydrogen-bond acceptors (Lipinski definition) is 4. The lowest BCUT2D eigenvalue weighted by molar-refractivity contribution is -0.141. The van der Waals surface area contributed by atoms with Gasteiger partial charge in [0.05, 0.1) is 0 Å². The maximum atomic E-state index is 13.0. The second-order valence-corrected chi connectivity index (χ2v) is 7.69. The molecule has 2 heterocycles. The van der Waals surface area contributed by atoms with Crippen molar-refractivity contribution in [3.8, 4) is 0 Å². The van der Waals surface area contributed by atoms with Crippen molar-refractivity contribution in [1.29, 1.82) is 0 Å². The first-order chi connectivity index (χ1) is 14.5. The molecule has 1 saturated heterocycles. The van der Waals surface area contributed by atoms with Gasteiger partial charge in [0.15, 0.2) is 0 Å². The van der Waals surface area contributed by atoms with Crippen LogP contribution >= 0.6 is 0 Å². The Morgan fingerprint density at radius 3 is 2.13 bits per heavy atom. The summed E-state index contributed by atoms with van der Waals surface area (Å²) in [4.78, 5) is 39.9. The van der Waals surface area contributed by atoms with E-state index in [0.717, 1.165) is 29.2 Å². The van der Waals surface area contributed by atoms with Gasteiger partial charge in [0, 0.05) is 29.9 Å². The van der Waals surface area contributed by atoms with Gasteiger partial charge in [-0.25, -0.2) is 0 Å². The summed E-state index contributed by atoms with van der Waals surface area (Å²) < 4.78 is 0. The largest absolute Gasteiger partial charge is 0.480 e. The number of anilines is 1. The number of fused-ring (bicyclic) bond motifs is 1. The molecule has 0 aromatic heterocycles. The van der Waals surface area contributed by atoms with Crippen LogP contribution in [0.2, 0.25) is 0 Å². The Kier molecular flexibility index (Phi) is 5.65. The summed E-state index contributed by atoms with van der Waals surface area (Å²) in [6.07, 6.45) is 6.67. The van der Waals surface area contributed by atoms with Gasteiger partial charge in [0.1, 0.15) is 6.54 Å². The monoisotopic (exact) mass is 404 g/mol. The zero-order valence-corrected chi connectivity index (χ0v) is 16.7. The fourth-order valence-corrected chi connectivity index (χ4v) is 4.10. The molecule has 0 radical (unpaired) electrons. The van der Waals surface area contributed by atoms with Gasteiger partial charge in [-0.3, -0.25) is 19.3 Å². The van der Waals surface area contributed by atoms with E-state index in [1.807, 2.05) is 12.1 Å². The standard InChI is InChI=1S/C24H24N2O4/c27-22(28)16-26-23(29)20-8-4-3-7-19(20)21(24(26)30)15-17-9-11-18(12-10-17)25-13-5-1-2-6-14-25/h3-4,7-12,15H,1-2,5-6,13-14,16H2,(H,27,28)/b21-15-. The summed E-state index contributed by atoms with van der Waals surface area (Å²) in [5.74, 6) is -2.39. The van der Waals surface area contributed by atoms with Crippen LogP contribution in [0.3, 0.4) is 0 Å². The third-order valence-corrected chi connectivity index (χ3v) is 5.64. The van der Waals surface area contributed by atoms with Crippen molar-refractivity contribution in [3.63, 3.8) is 0 Å². The number of benzene rings is 2. The first kappa shape index (κ1) is 19.9. The van der Waals surface area contributed by atoms with Crippen LogP contribution in [0, 0.1) is 0 Å². The Morgan fingerprint density at radius 1 is 0.867 bits per heavy atom. The fraction of sp³-hybridized carbons (Fsp3) is 0.292.